The molecule has 2 saturated heterocycles. The molecule has 68 heavy (non-hydrogen) atoms. The van der Waals surface area contributed by atoms with Crippen LogP contribution < -0.4 is 36.1 Å². The van der Waals surface area contributed by atoms with E-state index in [-0.39, 0.29) is 58.0 Å². The van der Waals surface area contributed by atoms with Crippen molar-refractivity contribution in [2.24, 2.45) is 5.92 Å². The topological polar surface area (TPSA) is 225 Å². The Morgan fingerprint density at radius 2 is 1.18 bits per heavy atom. The number of methoxy groups -OCH3 is 3. The largest absolute Gasteiger partial charge is 0.497 e. The maximum atomic E-state index is 14.9. The first-order valence-electron chi connectivity index (χ1n) is 23.4. The number of hydrogen-bond acceptors (Lipinski definition) is 13. The molecule has 2 aliphatic heterocycles. The minimum Gasteiger partial charge on any atom is -0.497 e. The van der Waals surface area contributed by atoms with E-state index in [9.17, 15) is 28.8 Å². The second kappa shape index (κ2) is 24.5. The summed E-state index contributed by atoms with van der Waals surface area (Å²) in [6.45, 7) is 3.61. The van der Waals surface area contributed by atoms with Crippen molar-refractivity contribution in [1.29, 1.82) is 0 Å². The first kappa shape index (κ1) is 51.7. The minimum absolute atomic E-state index is 0.0128. The fourth-order valence-electron chi connectivity index (χ4n) is 8.50. The van der Waals surface area contributed by atoms with Crippen molar-refractivity contribution < 1.29 is 57.2 Å². The van der Waals surface area contributed by atoms with Gasteiger partial charge >= 0.3 is 0 Å². The molecule has 7 unspecified atom stereocenters. The van der Waals surface area contributed by atoms with Crippen LogP contribution in [0.3, 0.4) is 0 Å². The minimum atomic E-state index is -1.42. The molecule has 0 bridgehead atoms. The Morgan fingerprint density at radius 1 is 0.647 bits per heavy atom. The molecule has 3 aliphatic rings. The third-order valence-electron chi connectivity index (χ3n) is 12.9. The molecule has 1 aliphatic carbocycles. The van der Waals surface area contributed by atoms with Crippen LogP contribution in [0.4, 0.5) is 0 Å². The number of hydrogen-bond donors (Lipinski definition) is 5. The fraction of sp³-hybridized carbons (Fsp3) is 0.529. The first-order chi connectivity index (χ1) is 32.7. The van der Waals surface area contributed by atoms with Crippen LogP contribution in [0.5, 0.6) is 11.5 Å². The summed E-state index contributed by atoms with van der Waals surface area (Å²) in [5, 5.41) is 14.8. The highest BCUT2D eigenvalue weighted by Gasteiger charge is 2.55. The summed E-state index contributed by atoms with van der Waals surface area (Å²) in [4.78, 5) is 83.8. The molecule has 0 spiro atoms. The van der Waals surface area contributed by atoms with Gasteiger partial charge in [-0.1, -0.05) is 80.3 Å². The molecular weight excluding hydrogens is 875 g/mol. The van der Waals surface area contributed by atoms with Crippen LogP contribution in [0, 0.1) is 5.92 Å². The van der Waals surface area contributed by atoms with E-state index >= 15 is 0 Å². The maximum absolute atomic E-state index is 14.9. The Bertz CT molecular complexity index is 2160. The number of Topliss-reactive ketones (excluding diaryl/α,β-unsaturated/α-hetero) is 2. The molecule has 3 fully saturated rings. The number of ketones is 2. The van der Waals surface area contributed by atoms with E-state index in [2.05, 4.69) is 26.6 Å². The number of rotatable bonds is 29. The van der Waals surface area contributed by atoms with E-state index < -0.39 is 70.8 Å². The summed E-state index contributed by atoms with van der Waals surface area (Å²) in [5.41, 5.74) is -0.0748. The quantitative estimate of drug-likeness (QED) is 0.0384. The van der Waals surface area contributed by atoms with Crippen molar-refractivity contribution in [2.45, 2.75) is 113 Å². The van der Waals surface area contributed by atoms with Gasteiger partial charge in [-0.3, -0.25) is 28.8 Å². The van der Waals surface area contributed by atoms with Crippen LogP contribution in [0.1, 0.15) is 69.1 Å². The van der Waals surface area contributed by atoms with Crippen molar-refractivity contribution in [3.8, 4) is 11.5 Å². The molecule has 0 radical (unpaired) electrons. The Hall–Kier alpha value is -5.72. The number of ether oxygens (including phenoxy) is 6. The Kier molecular flexibility index (Phi) is 18.6. The van der Waals surface area contributed by atoms with Gasteiger partial charge < -0.3 is 55.0 Å². The number of amides is 4. The molecule has 5 N–H and O–H groups in total. The number of carbonyl (C=O) groups excluding carboxylic acids is 6. The summed E-state index contributed by atoms with van der Waals surface area (Å²) < 4.78 is 32.2. The van der Waals surface area contributed by atoms with Gasteiger partial charge in [0.25, 0.3) is 0 Å². The van der Waals surface area contributed by atoms with Crippen molar-refractivity contribution in [3.63, 3.8) is 0 Å². The maximum Gasteiger partial charge on any atom is 0.243 e. The molecule has 4 amide bonds. The van der Waals surface area contributed by atoms with E-state index in [1.807, 2.05) is 42.5 Å². The number of nitrogens with one attached hydrogen (secondary N) is 5. The lowest BCUT2D eigenvalue weighted by atomic mass is 9.90. The van der Waals surface area contributed by atoms with Crippen molar-refractivity contribution >= 4 is 35.2 Å². The zero-order valence-electron chi connectivity index (χ0n) is 39.8. The van der Waals surface area contributed by atoms with Crippen LogP contribution >= 0.6 is 0 Å². The normalized spacial score (nSPS) is 20.7. The van der Waals surface area contributed by atoms with E-state index in [0.717, 1.165) is 36.8 Å². The predicted molar refractivity (Wildman–Crippen MR) is 251 cm³/mol. The summed E-state index contributed by atoms with van der Waals surface area (Å²) in [7, 11) is 4.58. The van der Waals surface area contributed by atoms with Crippen molar-refractivity contribution in [1.82, 2.24) is 26.6 Å². The van der Waals surface area contributed by atoms with Crippen LogP contribution in [0.2, 0.25) is 0 Å². The lowest BCUT2D eigenvalue weighted by Crippen LogP contribution is -2.59. The predicted octanol–water partition coefficient (Wildman–Crippen LogP) is 2.94. The molecule has 17 nitrogen and oxygen atoms in total. The van der Waals surface area contributed by atoms with E-state index in [1.54, 1.807) is 50.4 Å². The van der Waals surface area contributed by atoms with Gasteiger partial charge in [0.1, 0.15) is 36.0 Å². The molecule has 1 saturated carbocycles. The highest BCUT2D eigenvalue weighted by Crippen LogP contribution is 2.34. The van der Waals surface area contributed by atoms with E-state index in [4.69, 9.17) is 28.4 Å². The summed E-state index contributed by atoms with van der Waals surface area (Å²) in [6.07, 6.45) is 5.01. The van der Waals surface area contributed by atoms with Gasteiger partial charge in [-0.25, -0.2) is 0 Å². The molecule has 368 valence electrons. The molecule has 3 aromatic rings. The van der Waals surface area contributed by atoms with Gasteiger partial charge in [0.15, 0.2) is 17.2 Å². The SMILES string of the molecule is COCOCCC(=O)NC(C)C(=O)NC(Cc1ccc(OC)cc1)C(=O)NC(Cc1ccccc1)C(=O)C1(CNC(Cc2ccc(OC)cc2)C(=O)NC(CC2CCCC2)C(=O)C2(C)CO2)CO1. The van der Waals surface area contributed by atoms with Gasteiger partial charge in [0.2, 0.25) is 23.6 Å². The van der Waals surface area contributed by atoms with Crippen LogP contribution in [-0.2, 0) is 67.0 Å². The van der Waals surface area contributed by atoms with E-state index in [1.165, 1.54) is 21.1 Å². The van der Waals surface area contributed by atoms with E-state index in [0.29, 0.717) is 36.0 Å². The third kappa shape index (κ3) is 14.9. The Labute approximate surface area is 398 Å². The summed E-state index contributed by atoms with van der Waals surface area (Å²) in [5.74, 6) is -1.10. The second-order valence-electron chi connectivity index (χ2n) is 18.2. The highest BCUT2D eigenvalue weighted by molar-refractivity contribution is 6.00. The molecule has 6 rings (SSSR count). The smallest absolute Gasteiger partial charge is 0.243 e. The molecular formula is C51H67N5O12. The first-order valence-corrected chi connectivity index (χ1v) is 23.4. The fourth-order valence-corrected chi connectivity index (χ4v) is 8.50. The summed E-state index contributed by atoms with van der Waals surface area (Å²) >= 11 is 0. The monoisotopic (exact) mass is 941 g/mol. The van der Waals surface area contributed by atoms with Gasteiger partial charge in [-0.15, -0.1) is 0 Å². The zero-order chi connectivity index (χ0) is 48.7. The van der Waals surface area contributed by atoms with Crippen molar-refractivity contribution in [2.75, 3.05) is 54.5 Å². The second-order valence-corrected chi connectivity index (χ2v) is 18.2. The standard InChI is InChI=1S/C51H67N5O12/c1-33(53-44(57)23-24-66-32-63-3)47(60)56-43(28-37-17-21-39(65-5)22-18-37)49(62)55-41(26-34-11-7-6-8-12-34)46(59)51(31-68-51)29-52-42(27-36-15-19-38(64-4)20-16-36)48(61)54-40(25-35-13-9-10-14-35)45(58)50(2)30-67-50/h6-8,11-12,15-22,33,35,40-43,52H,9-10,13-14,23-32H2,1-5H3,(H,53,57)(H,54,61)(H,55,62)(H,56,60). The van der Waals surface area contributed by atoms with Gasteiger partial charge in [0, 0.05) is 20.1 Å². The van der Waals surface area contributed by atoms with Gasteiger partial charge in [0.05, 0.1) is 58.6 Å². The number of epoxide rings is 2. The Balaban J connectivity index is 1.21. The lowest BCUT2D eigenvalue weighted by molar-refractivity contribution is -0.134. The van der Waals surface area contributed by atoms with Crippen molar-refractivity contribution in [3.05, 3.63) is 95.6 Å². The molecule has 3 aromatic carbocycles. The van der Waals surface area contributed by atoms with Crippen LogP contribution in [0.25, 0.3) is 0 Å². The number of benzene rings is 3. The molecule has 2 heterocycles. The zero-order valence-corrected chi connectivity index (χ0v) is 39.8. The molecule has 0 aromatic heterocycles. The highest BCUT2D eigenvalue weighted by atomic mass is 16.7. The average molecular weight is 942 g/mol. The lowest BCUT2D eigenvalue weighted by Gasteiger charge is -2.28. The molecule has 17 heteroatoms. The number of carbonyl (C=O) groups is 6. The third-order valence-corrected chi connectivity index (χ3v) is 12.9. The molecule has 7 atom stereocenters. The van der Waals surface area contributed by atoms with Gasteiger partial charge in [-0.2, -0.15) is 0 Å². The van der Waals surface area contributed by atoms with Crippen LogP contribution in [-0.4, -0.2) is 131 Å². The Morgan fingerprint density at radius 3 is 1.74 bits per heavy atom. The summed E-state index contributed by atoms with van der Waals surface area (Å²) in [6, 6.07) is 18.6. The average Bonchev–Trinajstić information content (AvgIpc) is 4.25. The van der Waals surface area contributed by atoms with Gasteiger partial charge in [-0.05, 0) is 80.0 Å². The van der Waals surface area contributed by atoms with Crippen LogP contribution in [0.15, 0.2) is 78.9 Å².